The van der Waals surface area contributed by atoms with E-state index in [-0.39, 0.29) is 16.2 Å². The summed E-state index contributed by atoms with van der Waals surface area (Å²) in [4.78, 5) is 12.9. The Morgan fingerprint density at radius 1 is 0.914 bits per heavy atom. The first-order valence-corrected chi connectivity index (χ1v) is 12.2. The fraction of sp³-hybridized carbons (Fsp3) is 0.0714. The molecule has 4 aromatic carbocycles. The number of hydrogen-bond acceptors (Lipinski definition) is 5. The number of nitrogens with one attached hydrogen (secondary N) is 1. The molecule has 7 heteroatoms. The zero-order chi connectivity index (χ0) is 25.0. The summed E-state index contributed by atoms with van der Waals surface area (Å²) in [5.41, 5.74) is 2.46. The van der Waals surface area contributed by atoms with E-state index in [0.717, 1.165) is 16.5 Å². The first kappa shape index (κ1) is 23.7. The first-order chi connectivity index (χ1) is 16.8. The van der Waals surface area contributed by atoms with E-state index in [1.807, 2.05) is 44.2 Å². The number of carbonyl (C=O) groups excluding carboxylic acids is 1. The van der Waals surface area contributed by atoms with Gasteiger partial charge in [0.15, 0.2) is 5.75 Å². The lowest BCUT2D eigenvalue weighted by atomic mass is 10.0. The van der Waals surface area contributed by atoms with Crippen LogP contribution in [0.4, 0.5) is 5.69 Å². The molecule has 35 heavy (non-hydrogen) atoms. The Balaban J connectivity index is 1.79. The fourth-order valence-corrected chi connectivity index (χ4v) is 4.51. The van der Waals surface area contributed by atoms with Gasteiger partial charge in [-0.05, 0) is 60.5 Å². The van der Waals surface area contributed by atoms with Gasteiger partial charge in [-0.15, -0.1) is 0 Å². The Labute approximate surface area is 204 Å². The third kappa shape index (κ3) is 5.24. The van der Waals surface area contributed by atoms with E-state index < -0.39 is 16.0 Å². The van der Waals surface area contributed by atoms with Crippen molar-refractivity contribution in [2.45, 2.75) is 18.7 Å². The Morgan fingerprint density at radius 2 is 1.60 bits per heavy atom. The number of carbonyl (C=O) groups is 1. The molecule has 0 unspecified atom stereocenters. The summed E-state index contributed by atoms with van der Waals surface area (Å²) in [5.74, 6) is -0.595. The van der Waals surface area contributed by atoms with Crippen LogP contribution in [-0.4, -0.2) is 14.3 Å². The second-order valence-corrected chi connectivity index (χ2v) is 9.53. The predicted molar refractivity (Wildman–Crippen MR) is 136 cm³/mol. The zero-order valence-corrected chi connectivity index (χ0v) is 20.0. The van der Waals surface area contributed by atoms with E-state index in [1.54, 1.807) is 42.5 Å². The van der Waals surface area contributed by atoms with Gasteiger partial charge in [-0.2, -0.15) is 13.7 Å². The lowest BCUT2D eigenvalue weighted by Crippen LogP contribution is -2.14. The van der Waals surface area contributed by atoms with Crippen LogP contribution in [0.3, 0.4) is 0 Å². The van der Waals surface area contributed by atoms with E-state index >= 15 is 0 Å². The smallest absolute Gasteiger partial charge is 0.339 e. The fourth-order valence-electron chi connectivity index (χ4n) is 3.56. The average molecular weight is 483 g/mol. The number of aryl methyl sites for hydroxylation is 2. The number of hydrogen-bond donors (Lipinski definition) is 1. The maximum absolute atomic E-state index is 13.0. The molecule has 0 fully saturated rings. The molecule has 174 valence electrons. The summed E-state index contributed by atoms with van der Waals surface area (Å²) in [6, 6.07) is 26.0. The van der Waals surface area contributed by atoms with Crippen LogP contribution in [-0.2, 0) is 14.9 Å². The molecule has 0 aliphatic carbocycles. The SMILES string of the molecule is Cc1ccc(S(=O)(=O)Oc2ccc3ccccc3c2/C=C(\C#N)C(=O)Nc2ccccc2C)cc1. The van der Waals surface area contributed by atoms with Crippen molar-refractivity contribution in [3.05, 3.63) is 107 Å². The number of para-hydroxylation sites is 1. The van der Waals surface area contributed by atoms with Gasteiger partial charge in [0.25, 0.3) is 5.91 Å². The summed E-state index contributed by atoms with van der Waals surface area (Å²) in [6.45, 7) is 3.70. The van der Waals surface area contributed by atoms with Gasteiger partial charge in [-0.25, -0.2) is 0 Å². The largest absolute Gasteiger partial charge is 0.378 e. The molecule has 0 heterocycles. The molecule has 0 spiro atoms. The lowest BCUT2D eigenvalue weighted by Gasteiger charge is -2.13. The second kappa shape index (κ2) is 9.84. The third-order valence-corrected chi connectivity index (χ3v) is 6.74. The summed E-state index contributed by atoms with van der Waals surface area (Å²) < 4.78 is 31.5. The van der Waals surface area contributed by atoms with Crippen molar-refractivity contribution in [3.63, 3.8) is 0 Å². The average Bonchev–Trinajstić information content (AvgIpc) is 2.84. The van der Waals surface area contributed by atoms with Gasteiger partial charge in [-0.1, -0.05) is 66.2 Å². The molecule has 0 aliphatic heterocycles. The molecule has 4 aromatic rings. The monoisotopic (exact) mass is 482 g/mol. The standard InChI is InChI=1S/C28H22N2O4S/c1-19-11-14-23(15-12-19)35(32,33)34-27-16-13-21-8-4-5-9-24(21)25(27)17-22(18-29)28(31)30-26-10-6-3-7-20(26)2/h3-17H,1-2H3,(H,30,31)/b22-17+. The molecule has 0 aromatic heterocycles. The molecule has 1 amide bonds. The maximum atomic E-state index is 13.0. The molecule has 4 rings (SSSR count). The summed E-state index contributed by atoms with van der Waals surface area (Å²) in [7, 11) is -4.15. The second-order valence-electron chi connectivity index (χ2n) is 7.99. The Morgan fingerprint density at radius 3 is 2.31 bits per heavy atom. The van der Waals surface area contributed by atoms with Gasteiger partial charge in [0, 0.05) is 11.3 Å². The number of anilines is 1. The highest BCUT2D eigenvalue weighted by molar-refractivity contribution is 7.87. The van der Waals surface area contributed by atoms with Crippen LogP contribution in [0, 0.1) is 25.2 Å². The quantitative estimate of drug-likeness (QED) is 0.214. The van der Waals surface area contributed by atoms with Gasteiger partial charge in [-0.3, -0.25) is 4.79 Å². The minimum Gasteiger partial charge on any atom is -0.378 e. The van der Waals surface area contributed by atoms with E-state index in [9.17, 15) is 18.5 Å². The third-order valence-electron chi connectivity index (χ3n) is 5.49. The minimum absolute atomic E-state index is 0.00370. The van der Waals surface area contributed by atoms with E-state index in [1.165, 1.54) is 24.3 Å². The summed E-state index contributed by atoms with van der Waals surface area (Å²) in [5, 5.41) is 13.9. The van der Waals surface area contributed by atoms with Crippen LogP contribution >= 0.6 is 0 Å². The highest BCUT2D eigenvalue weighted by Gasteiger charge is 2.20. The molecular formula is C28H22N2O4S. The number of nitrogens with zero attached hydrogens (tertiary/aromatic N) is 1. The highest BCUT2D eigenvalue weighted by Crippen LogP contribution is 2.32. The summed E-state index contributed by atoms with van der Waals surface area (Å²) >= 11 is 0. The van der Waals surface area contributed by atoms with Crippen molar-refractivity contribution in [1.82, 2.24) is 0 Å². The first-order valence-electron chi connectivity index (χ1n) is 10.8. The van der Waals surface area contributed by atoms with Gasteiger partial charge in [0.2, 0.25) is 0 Å². The van der Waals surface area contributed by atoms with E-state index in [2.05, 4.69) is 5.32 Å². The van der Waals surface area contributed by atoms with Crippen LogP contribution in [0.1, 0.15) is 16.7 Å². The van der Waals surface area contributed by atoms with Crippen molar-refractivity contribution in [2.75, 3.05) is 5.32 Å². The van der Waals surface area contributed by atoms with Crippen molar-refractivity contribution in [1.29, 1.82) is 5.26 Å². The van der Waals surface area contributed by atoms with Crippen LogP contribution in [0.15, 0.2) is 95.4 Å². The number of nitriles is 1. The van der Waals surface area contributed by atoms with Gasteiger partial charge in [0.05, 0.1) is 0 Å². The summed E-state index contributed by atoms with van der Waals surface area (Å²) in [6.07, 6.45) is 1.36. The predicted octanol–water partition coefficient (Wildman–Crippen LogP) is 5.77. The number of benzene rings is 4. The van der Waals surface area contributed by atoms with E-state index in [0.29, 0.717) is 16.6 Å². The van der Waals surface area contributed by atoms with Gasteiger partial charge in [0.1, 0.15) is 16.5 Å². The van der Waals surface area contributed by atoms with Crippen molar-refractivity contribution in [3.8, 4) is 11.8 Å². The van der Waals surface area contributed by atoms with Crippen LogP contribution in [0.5, 0.6) is 5.75 Å². The number of rotatable bonds is 6. The highest BCUT2D eigenvalue weighted by atomic mass is 32.2. The van der Waals surface area contributed by atoms with Crippen LogP contribution in [0.2, 0.25) is 0 Å². The van der Waals surface area contributed by atoms with Crippen LogP contribution < -0.4 is 9.50 Å². The topological polar surface area (TPSA) is 96.3 Å². The van der Waals surface area contributed by atoms with Gasteiger partial charge < -0.3 is 9.50 Å². The molecule has 1 N–H and O–H groups in total. The number of amides is 1. The van der Waals surface area contributed by atoms with Crippen LogP contribution in [0.25, 0.3) is 16.8 Å². The lowest BCUT2D eigenvalue weighted by molar-refractivity contribution is -0.112. The molecule has 0 bridgehead atoms. The molecular weight excluding hydrogens is 460 g/mol. The molecule has 0 atom stereocenters. The zero-order valence-electron chi connectivity index (χ0n) is 19.1. The van der Waals surface area contributed by atoms with Gasteiger partial charge >= 0.3 is 10.1 Å². The normalized spacial score (nSPS) is 11.6. The molecule has 0 radical (unpaired) electrons. The number of fused-ring (bicyclic) bond motifs is 1. The molecule has 0 saturated carbocycles. The van der Waals surface area contributed by atoms with Crippen molar-refractivity contribution in [2.24, 2.45) is 0 Å². The molecule has 6 nitrogen and oxygen atoms in total. The Hall–Kier alpha value is -4.41. The Bertz CT molecular complexity index is 1600. The molecule has 0 aliphatic rings. The Kier molecular flexibility index (Phi) is 6.67. The van der Waals surface area contributed by atoms with Crippen molar-refractivity contribution < 1.29 is 17.4 Å². The molecule has 0 saturated heterocycles. The van der Waals surface area contributed by atoms with E-state index in [4.69, 9.17) is 4.18 Å². The maximum Gasteiger partial charge on any atom is 0.339 e. The minimum atomic E-state index is -4.15. The van der Waals surface area contributed by atoms with Crippen molar-refractivity contribution >= 4 is 38.6 Å².